The highest BCUT2D eigenvalue weighted by molar-refractivity contribution is 6.11. The molecule has 1 N–H and O–H groups in total. The Morgan fingerprint density at radius 2 is 1.84 bits per heavy atom. The molecule has 5 nitrogen and oxygen atoms in total. The van der Waals surface area contributed by atoms with Crippen LogP contribution in [0.15, 0.2) is 65.3 Å². The Labute approximate surface area is 189 Å². The molecule has 5 heteroatoms. The molecule has 1 fully saturated rings. The van der Waals surface area contributed by atoms with Crippen LogP contribution >= 0.6 is 0 Å². The van der Waals surface area contributed by atoms with Gasteiger partial charge in [-0.1, -0.05) is 63.3 Å². The summed E-state index contributed by atoms with van der Waals surface area (Å²) in [6.07, 6.45) is 6.47. The number of esters is 1. The normalized spacial score (nSPS) is 30.9. The molecular formula is C27H31NO4. The Bertz CT molecular complexity index is 1020. The Kier molecular flexibility index (Phi) is 6.18. The fourth-order valence-corrected chi connectivity index (χ4v) is 5.37. The van der Waals surface area contributed by atoms with Gasteiger partial charge in [-0.25, -0.2) is 4.79 Å². The van der Waals surface area contributed by atoms with Gasteiger partial charge in [-0.05, 0) is 36.8 Å². The van der Waals surface area contributed by atoms with Gasteiger partial charge in [0.25, 0.3) is 0 Å². The van der Waals surface area contributed by atoms with E-state index >= 15 is 0 Å². The monoisotopic (exact) mass is 433 g/mol. The molecule has 168 valence electrons. The number of allylic oxidation sites excluding steroid dienone is 3. The molecule has 0 saturated carbocycles. The summed E-state index contributed by atoms with van der Waals surface area (Å²) in [4.78, 5) is 37.6. The van der Waals surface area contributed by atoms with Crippen molar-refractivity contribution in [3.8, 4) is 0 Å². The van der Waals surface area contributed by atoms with Gasteiger partial charge in [0.2, 0.25) is 5.91 Å². The standard InChI is InChI=1S/C27H31NO4/c1-15(26-16(2)13-22(29)32-26)9-8-12-20-24-23(17(3)18(4)25(20)30)21(28-27(24)31)14-19-10-6-5-7-11-19/h5-8,10-13,15,17-18,21,23,26H,9,14H2,1-4H3,(H,28,31)/b12-8-/t15-,17+,18+,21-,23-,26+/m0/s1. The zero-order valence-corrected chi connectivity index (χ0v) is 19.1. The summed E-state index contributed by atoms with van der Waals surface area (Å²) in [6, 6.07) is 10.1. The third kappa shape index (κ3) is 4.08. The van der Waals surface area contributed by atoms with Crippen LogP contribution in [0.3, 0.4) is 0 Å². The number of benzene rings is 1. The predicted octanol–water partition coefficient (Wildman–Crippen LogP) is 3.95. The number of nitrogens with one attached hydrogen (secondary N) is 1. The van der Waals surface area contributed by atoms with E-state index in [1.165, 1.54) is 11.6 Å². The first kappa shape index (κ1) is 22.3. The number of amides is 1. The highest BCUT2D eigenvalue weighted by atomic mass is 16.5. The maximum absolute atomic E-state index is 13.1. The number of ketones is 1. The van der Waals surface area contributed by atoms with Gasteiger partial charge in [0, 0.05) is 41.0 Å². The fraction of sp³-hybridized carbons (Fsp3) is 0.444. The molecule has 2 heterocycles. The molecule has 1 amide bonds. The quantitative estimate of drug-likeness (QED) is 0.690. The van der Waals surface area contributed by atoms with Gasteiger partial charge in [-0.15, -0.1) is 0 Å². The summed E-state index contributed by atoms with van der Waals surface area (Å²) in [5.41, 5.74) is 3.27. The predicted molar refractivity (Wildman–Crippen MR) is 122 cm³/mol. The molecule has 0 bridgehead atoms. The first-order valence-corrected chi connectivity index (χ1v) is 11.5. The lowest BCUT2D eigenvalue weighted by Gasteiger charge is -2.34. The van der Waals surface area contributed by atoms with Gasteiger partial charge in [-0.3, -0.25) is 9.59 Å². The zero-order valence-electron chi connectivity index (χ0n) is 19.1. The number of rotatable bonds is 6. The van der Waals surface area contributed by atoms with E-state index < -0.39 is 0 Å². The number of hydrogen-bond acceptors (Lipinski definition) is 4. The molecule has 4 rings (SSSR count). The van der Waals surface area contributed by atoms with Crippen LogP contribution in [0, 0.1) is 23.7 Å². The lowest BCUT2D eigenvalue weighted by atomic mass is 9.68. The molecule has 0 aromatic heterocycles. The molecular weight excluding hydrogens is 402 g/mol. The number of Topliss-reactive ketones (excluding diaryl/α,β-unsaturated/α-hetero) is 1. The number of ether oxygens (including phenoxy) is 1. The van der Waals surface area contributed by atoms with E-state index in [2.05, 4.69) is 24.4 Å². The molecule has 2 aliphatic heterocycles. The van der Waals surface area contributed by atoms with Crippen molar-refractivity contribution in [2.45, 2.75) is 52.7 Å². The second-order valence-corrected chi connectivity index (χ2v) is 9.50. The molecule has 1 aliphatic carbocycles. The van der Waals surface area contributed by atoms with E-state index in [9.17, 15) is 14.4 Å². The molecule has 0 unspecified atom stereocenters. The Hall–Kier alpha value is -2.95. The summed E-state index contributed by atoms with van der Waals surface area (Å²) in [5, 5.41) is 3.15. The zero-order chi connectivity index (χ0) is 23.0. The maximum atomic E-state index is 13.1. The van der Waals surface area contributed by atoms with Crippen molar-refractivity contribution in [3.63, 3.8) is 0 Å². The van der Waals surface area contributed by atoms with Crippen LogP contribution in [0.4, 0.5) is 0 Å². The minimum Gasteiger partial charge on any atom is -0.454 e. The van der Waals surface area contributed by atoms with Crippen molar-refractivity contribution in [2.24, 2.45) is 23.7 Å². The highest BCUT2D eigenvalue weighted by Crippen LogP contribution is 2.43. The van der Waals surface area contributed by atoms with Gasteiger partial charge in [0.05, 0.1) is 0 Å². The van der Waals surface area contributed by atoms with Crippen molar-refractivity contribution < 1.29 is 19.1 Å². The van der Waals surface area contributed by atoms with Crippen LogP contribution in [-0.2, 0) is 25.5 Å². The summed E-state index contributed by atoms with van der Waals surface area (Å²) >= 11 is 0. The van der Waals surface area contributed by atoms with E-state index in [1.54, 1.807) is 0 Å². The minimum atomic E-state index is -0.298. The van der Waals surface area contributed by atoms with Crippen LogP contribution in [-0.4, -0.2) is 29.8 Å². The third-order valence-electron chi connectivity index (χ3n) is 7.30. The van der Waals surface area contributed by atoms with Gasteiger partial charge in [0.1, 0.15) is 6.10 Å². The molecule has 1 aromatic carbocycles. The van der Waals surface area contributed by atoms with Crippen molar-refractivity contribution in [2.75, 3.05) is 0 Å². The van der Waals surface area contributed by atoms with Crippen molar-refractivity contribution in [3.05, 3.63) is 70.8 Å². The second-order valence-electron chi connectivity index (χ2n) is 9.50. The average Bonchev–Trinajstić information content (AvgIpc) is 3.27. The second kappa shape index (κ2) is 8.89. The van der Waals surface area contributed by atoms with Crippen LogP contribution in [0.5, 0.6) is 0 Å². The summed E-state index contributed by atoms with van der Waals surface area (Å²) in [5.74, 6) is -0.346. The van der Waals surface area contributed by atoms with Crippen LogP contribution in [0.25, 0.3) is 0 Å². The third-order valence-corrected chi connectivity index (χ3v) is 7.30. The number of carbonyl (C=O) groups is 3. The SMILES string of the molecule is CC1=CC(=O)O[C@@H]1[C@@H](C)C/C=C\C1=C2C(=O)N[C@@H](Cc3ccccc3)[C@@H]2[C@H](C)[C@@H](C)C1=O. The number of carbonyl (C=O) groups excluding carboxylic acids is 3. The summed E-state index contributed by atoms with van der Waals surface area (Å²) in [7, 11) is 0. The lowest BCUT2D eigenvalue weighted by molar-refractivity contribution is -0.140. The Morgan fingerprint density at radius 3 is 2.50 bits per heavy atom. The molecule has 32 heavy (non-hydrogen) atoms. The van der Waals surface area contributed by atoms with Crippen LogP contribution in [0.2, 0.25) is 0 Å². The minimum absolute atomic E-state index is 0.00782. The first-order chi connectivity index (χ1) is 15.3. The molecule has 3 aliphatic rings. The van der Waals surface area contributed by atoms with E-state index in [0.29, 0.717) is 17.6 Å². The molecule has 1 aromatic rings. The Balaban J connectivity index is 1.57. The van der Waals surface area contributed by atoms with Gasteiger partial charge in [-0.2, -0.15) is 0 Å². The number of fused-ring (bicyclic) bond motifs is 1. The van der Waals surface area contributed by atoms with Crippen LogP contribution < -0.4 is 5.32 Å². The topological polar surface area (TPSA) is 72.5 Å². The lowest BCUT2D eigenvalue weighted by Crippen LogP contribution is -2.39. The first-order valence-electron chi connectivity index (χ1n) is 11.5. The molecule has 1 saturated heterocycles. The van der Waals surface area contributed by atoms with Crippen LogP contribution in [0.1, 0.15) is 39.7 Å². The molecule has 0 radical (unpaired) electrons. The van der Waals surface area contributed by atoms with Crippen molar-refractivity contribution >= 4 is 17.7 Å². The van der Waals surface area contributed by atoms with E-state index in [0.717, 1.165) is 12.0 Å². The van der Waals surface area contributed by atoms with Crippen molar-refractivity contribution in [1.29, 1.82) is 0 Å². The van der Waals surface area contributed by atoms with E-state index in [4.69, 9.17) is 4.74 Å². The Morgan fingerprint density at radius 1 is 1.12 bits per heavy atom. The van der Waals surface area contributed by atoms with Crippen molar-refractivity contribution in [1.82, 2.24) is 5.32 Å². The van der Waals surface area contributed by atoms with Gasteiger partial charge in [0.15, 0.2) is 5.78 Å². The van der Waals surface area contributed by atoms with Gasteiger partial charge >= 0.3 is 5.97 Å². The van der Waals surface area contributed by atoms with E-state index in [-0.39, 0.29) is 53.5 Å². The maximum Gasteiger partial charge on any atom is 0.331 e. The number of hydrogen-bond donors (Lipinski definition) is 1. The molecule has 6 atom stereocenters. The fourth-order valence-electron chi connectivity index (χ4n) is 5.37. The highest BCUT2D eigenvalue weighted by Gasteiger charge is 2.48. The van der Waals surface area contributed by atoms with E-state index in [1.807, 2.05) is 51.1 Å². The smallest absolute Gasteiger partial charge is 0.331 e. The summed E-state index contributed by atoms with van der Waals surface area (Å²) in [6.45, 7) is 7.97. The van der Waals surface area contributed by atoms with Gasteiger partial charge < -0.3 is 10.1 Å². The number of cyclic esters (lactones) is 1. The average molecular weight is 434 g/mol. The summed E-state index contributed by atoms with van der Waals surface area (Å²) < 4.78 is 5.38. The largest absolute Gasteiger partial charge is 0.454 e. The molecule has 0 spiro atoms.